The summed E-state index contributed by atoms with van der Waals surface area (Å²) in [5, 5.41) is 0. The van der Waals surface area contributed by atoms with Gasteiger partial charge in [0.25, 0.3) is 5.91 Å². The Bertz CT molecular complexity index is 619. The third-order valence-electron chi connectivity index (χ3n) is 3.40. The first-order valence-electron chi connectivity index (χ1n) is 6.93. The van der Waals surface area contributed by atoms with E-state index in [2.05, 4.69) is 9.97 Å². The third-order valence-corrected chi connectivity index (χ3v) is 3.40. The van der Waals surface area contributed by atoms with Gasteiger partial charge in [0.05, 0.1) is 12.8 Å². The molecule has 0 aliphatic carbocycles. The molecule has 0 aromatic carbocycles. The zero-order chi connectivity index (χ0) is 14.8. The number of furan rings is 1. The van der Waals surface area contributed by atoms with Crippen molar-refractivity contribution in [3.8, 4) is 6.01 Å². The highest BCUT2D eigenvalue weighted by Crippen LogP contribution is 2.18. The van der Waals surface area contributed by atoms with Gasteiger partial charge in [0.15, 0.2) is 5.76 Å². The number of carbonyl (C=O) groups is 1. The van der Waals surface area contributed by atoms with E-state index in [1.165, 1.54) is 6.26 Å². The summed E-state index contributed by atoms with van der Waals surface area (Å²) in [6, 6.07) is 5.66. The third kappa shape index (κ3) is 3.04. The first-order chi connectivity index (χ1) is 10.1. The van der Waals surface area contributed by atoms with E-state index in [1.807, 2.05) is 19.9 Å². The number of rotatable bonds is 3. The van der Waals surface area contributed by atoms with Crippen molar-refractivity contribution in [3.63, 3.8) is 0 Å². The fraction of sp³-hybridized carbons (Fsp3) is 0.400. The number of aromatic nitrogens is 2. The fourth-order valence-corrected chi connectivity index (χ4v) is 2.46. The minimum absolute atomic E-state index is 0.0786. The van der Waals surface area contributed by atoms with Crippen LogP contribution in [0.2, 0.25) is 0 Å². The Morgan fingerprint density at radius 2 is 2.14 bits per heavy atom. The number of likely N-dealkylation sites (tertiary alicyclic amines) is 1. The standard InChI is InChI=1S/C15H17N3O3/c1-10-8-11(2)17-15(16-10)21-12-5-6-18(9-12)14(19)13-4-3-7-20-13/h3-4,7-8,12H,5-6,9H2,1-2H3/t12-/m0/s1. The molecule has 0 bridgehead atoms. The van der Waals surface area contributed by atoms with E-state index in [0.717, 1.165) is 17.8 Å². The average Bonchev–Trinajstić information content (AvgIpc) is 3.07. The molecule has 6 heteroatoms. The highest BCUT2D eigenvalue weighted by Gasteiger charge is 2.30. The summed E-state index contributed by atoms with van der Waals surface area (Å²) in [7, 11) is 0. The van der Waals surface area contributed by atoms with Gasteiger partial charge in [0.2, 0.25) is 0 Å². The van der Waals surface area contributed by atoms with E-state index < -0.39 is 0 Å². The molecule has 3 rings (SSSR count). The number of nitrogens with zero attached hydrogens (tertiary/aromatic N) is 3. The maximum atomic E-state index is 12.2. The second-order valence-corrected chi connectivity index (χ2v) is 5.19. The van der Waals surface area contributed by atoms with Crippen LogP contribution in [0.25, 0.3) is 0 Å². The van der Waals surface area contributed by atoms with Crippen LogP contribution in [0, 0.1) is 13.8 Å². The Balaban J connectivity index is 1.63. The normalized spacial score (nSPS) is 18.0. The van der Waals surface area contributed by atoms with Crippen molar-refractivity contribution in [2.45, 2.75) is 26.4 Å². The highest BCUT2D eigenvalue weighted by molar-refractivity contribution is 5.91. The van der Waals surface area contributed by atoms with Crippen LogP contribution in [0.5, 0.6) is 6.01 Å². The van der Waals surface area contributed by atoms with E-state index in [4.69, 9.17) is 9.15 Å². The van der Waals surface area contributed by atoms with Gasteiger partial charge in [-0.05, 0) is 32.0 Å². The Morgan fingerprint density at radius 3 is 2.81 bits per heavy atom. The lowest BCUT2D eigenvalue weighted by Crippen LogP contribution is -2.30. The zero-order valence-electron chi connectivity index (χ0n) is 12.1. The Kier molecular flexibility index (Phi) is 3.60. The summed E-state index contributed by atoms with van der Waals surface area (Å²) in [5.74, 6) is 0.255. The van der Waals surface area contributed by atoms with Crippen LogP contribution in [0.15, 0.2) is 28.9 Å². The quantitative estimate of drug-likeness (QED) is 0.863. The van der Waals surface area contributed by atoms with Gasteiger partial charge in [-0.15, -0.1) is 0 Å². The fourth-order valence-electron chi connectivity index (χ4n) is 2.46. The average molecular weight is 287 g/mol. The molecule has 1 atom stereocenters. The molecule has 1 amide bonds. The Morgan fingerprint density at radius 1 is 1.38 bits per heavy atom. The molecular weight excluding hydrogens is 270 g/mol. The van der Waals surface area contributed by atoms with Gasteiger partial charge in [-0.25, -0.2) is 9.97 Å². The number of ether oxygens (including phenoxy) is 1. The smallest absolute Gasteiger partial charge is 0.317 e. The van der Waals surface area contributed by atoms with Crippen molar-refractivity contribution >= 4 is 5.91 Å². The van der Waals surface area contributed by atoms with Gasteiger partial charge < -0.3 is 14.1 Å². The summed E-state index contributed by atoms with van der Waals surface area (Å²) in [6.45, 7) is 4.98. The summed E-state index contributed by atoms with van der Waals surface area (Å²) in [4.78, 5) is 22.4. The van der Waals surface area contributed by atoms with Gasteiger partial charge in [-0.2, -0.15) is 0 Å². The first-order valence-corrected chi connectivity index (χ1v) is 6.93. The molecule has 21 heavy (non-hydrogen) atoms. The van der Waals surface area contributed by atoms with Crippen molar-refractivity contribution in [1.29, 1.82) is 0 Å². The van der Waals surface area contributed by atoms with Gasteiger partial charge in [-0.1, -0.05) is 0 Å². The molecule has 0 unspecified atom stereocenters. The van der Waals surface area contributed by atoms with Crippen LogP contribution < -0.4 is 4.74 Å². The van der Waals surface area contributed by atoms with E-state index in [9.17, 15) is 4.79 Å². The minimum Gasteiger partial charge on any atom is -0.459 e. The molecule has 1 aliphatic heterocycles. The second-order valence-electron chi connectivity index (χ2n) is 5.19. The predicted octanol–water partition coefficient (Wildman–Crippen LogP) is 1.98. The maximum absolute atomic E-state index is 12.2. The molecule has 1 saturated heterocycles. The molecule has 0 saturated carbocycles. The summed E-state index contributed by atoms with van der Waals surface area (Å²) in [6.07, 6.45) is 2.19. The Hall–Kier alpha value is -2.37. The van der Waals surface area contributed by atoms with Gasteiger partial charge >= 0.3 is 6.01 Å². The van der Waals surface area contributed by atoms with E-state index in [0.29, 0.717) is 24.9 Å². The van der Waals surface area contributed by atoms with Crippen molar-refractivity contribution in [1.82, 2.24) is 14.9 Å². The van der Waals surface area contributed by atoms with Crippen LogP contribution in [-0.2, 0) is 0 Å². The summed E-state index contributed by atoms with van der Waals surface area (Å²) < 4.78 is 10.9. The van der Waals surface area contributed by atoms with Gasteiger partial charge in [0.1, 0.15) is 6.10 Å². The molecule has 0 N–H and O–H groups in total. The van der Waals surface area contributed by atoms with Crippen LogP contribution >= 0.6 is 0 Å². The van der Waals surface area contributed by atoms with E-state index >= 15 is 0 Å². The highest BCUT2D eigenvalue weighted by atomic mass is 16.5. The van der Waals surface area contributed by atoms with Crippen LogP contribution in [-0.4, -0.2) is 40.0 Å². The molecule has 2 aromatic heterocycles. The van der Waals surface area contributed by atoms with Crippen LogP contribution in [0.1, 0.15) is 28.4 Å². The Labute approximate surface area is 122 Å². The van der Waals surface area contributed by atoms with E-state index in [-0.39, 0.29) is 12.0 Å². The molecule has 3 heterocycles. The molecule has 1 aliphatic rings. The molecule has 0 spiro atoms. The van der Waals surface area contributed by atoms with Crippen molar-refractivity contribution in [2.24, 2.45) is 0 Å². The predicted molar refractivity (Wildman–Crippen MR) is 75.2 cm³/mol. The molecule has 2 aromatic rings. The molecular formula is C15H17N3O3. The lowest BCUT2D eigenvalue weighted by molar-refractivity contribution is 0.0738. The minimum atomic E-state index is -0.104. The number of carbonyl (C=O) groups excluding carboxylic acids is 1. The molecule has 6 nitrogen and oxygen atoms in total. The number of amides is 1. The lowest BCUT2D eigenvalue weighted by atomic mass is 10.3. The van der Waals surface area contributed by atoms with Crippen molar-refractivity contribution < 1.29 is 13.9 Å². The number of hydrogen-bond donors (Lipinski definition) is 0. The van der Waals surface area contributed by atoms with Crippen LogP contribution in [0.3, 0.4) is 0 Å². The van der Waals surface area contributed by atoms with Crippen molar-refractivity contribution in [2.75, 3.05) is 13.1 Å². The van der Waals surface area contributed by atoms with Gasteiger partial charge in [0, 0.05) is 24.4 Å². The van der Waals surface area contributed by atoms with E-state index in [1.54, 1.807) is 17.0 Å². The largest absolute Gasteiger partial charge is 0.459 e. The lowest BCUT2D eigenvalue weighted by Gasteiger charge is -2.15. The van der Waals surface area contributed by atoms with Crippen molar-refractivity contribution in [3.05, 3.63) is 41.6 Å². The summed E-state index contributed by atoms with van der Waals surface area (Å²) >= 11 is 0. The van der Waals surface area contributed by atoms with Crippen LogP contribution in [0.4, 0.5) is 0 Å². The SMILES string of the molecule is Cc1cc(C)nc(O[C@H]2CCN(C(=O)c3ccco3)C2)n1. The number of hydrogen-bond acceptors (Lipinski definition) is 5. The van der Waals surface area contributed by atoms with Gasteiger partial charge in [-0.3, -0.25) is 4.79 Å². The zero-order valence-corrected chi connectivity index (χ0v) is 12.1. The number of aryl methyl sites for hydroxylation is 2. The molecule has 110 valence electrons. The molecule has 1 fully saturated rings. The second kappa shape index (κ2) is 5.55. The molecule has 0 radical (unpaired) electrons. The first kappa shape index (κ1) is 13.6. The topological polar surface area (TPSA) is 68.5 Å². The monoisotopic (exact) mass is 287 g/mol. The summed E-state index contributed by atoms with van der Waals surface area (Å²) in [5.41, 5.74) is 1.75. The maximum Gasteiger partial charge on any atom is 0.317 e.